The van der Waals surface area contributed by atoms with Gasteiger partial charge in [0, 0.05) is 55.6 Å². The highest BCUT2D eigenvalue weighted by Gasteiger charge is 2.24. The minimum Gasteiger partial charge on any atom is -0.366 e. The normalized spacial score (nSPS) is 16.7. The summed E-state index contributed by atoms with van der Waals surface area (Å²) in [5.41, 5.74) is 6.22. The monoisotopic (exact) mass is 346 g/mol. The van der Waals surface area contributed by atoms with Crippen molar-refractivity contribution in [3.05, 3.63) is 59.3 Å². The number of hydrogen-bond donors (Lipinski definition) is 1. The molecule has 0 radical (unpaired) electrons. The molecule has 7 heteroatoms. The van der Waals surface area contributed by atoms with Gasteiger partial charge in [-0.25, -0.2) is 13.8 Å². The quantitative estimate of drug-likeness (QED) is 0.923. The zero-order valence-corrected chi connectivity index (χ0v) is 14.0. The zero-order chi connectivity index (χ0) is 18.0. The molecule has 1 saturated heterocycles. The van der Waals surface area contributed by atoms with Crippen LogP contribution in [0.3, 0.4) is 0 Å². The molecular weight excluding hydrogens is 326 g/mol. The molecule has 25 heavy (non-hydrogen) atoms. The van der Waals surface area contributed by atoms with Gasteiger partial charge in [-0.05, 0) is 25.1 Å². The molecule has 1 aromatic heterocycles. The molecule has 5 nitrogen and oxygen atoms in total. The molecule has 1 amide bonds. The van der Waals surface area contributed by atoms with E-state index in [-0.39, 0.29) is 6.04 Å². The molecule has 1 aromatic carbocycles. The van der Waals surface area contributed by atoms with Crippen LogP contribution in [0.15, 0.2) is 36.5 Å². The predicted octanol–water partition coefficient (Wildman–Crippen LogP) is 2.34. The molecule has 3 rings (SSSR count). The molecule has 2 N–H and O–H groups in total. The van der Waals surface area contributed by atoms with Crippen LogP contribution in [-0.4, -0.2) is 42.0 Å². The van der Waals surface area contributed by atoms with Gasteiger partial charge in [0.1, 0.15) is 17.5 Å². The van der Waals surface area contributed by atoms with E-state index < -0.39 is 17.5 Å². The smallest absolute Gasteiger partial charge is 0.248 e. The van der Waals surface area contributed by atoms with Gasteiger partial charge in [0.2, 0.25) is 5.91 Å². The van der Waals surface area contributed by atoms with Crippen molar-refractivity contribution in [3.63, 3.8) is 0 Å². The van der Waals surface area contributed by atoms with Crippen molar-refractivity contribution in [2.24, 2.45) is 5.73 Å². The van der Waals surface area contributed by atoms with Crippen LogP contribution in [0.5, 0.6) is 0 Å². The first-order valence-corrected chi connectivity index (χ1v) is 8.15. The summed E-state index contributed by atoms with van der Waals surface area (Å²) in [4.78, 5) is 19.8. The Balaban J connectivity index is 1.67. The molecule has 2 heterocycles. The molecule has 2 aromatic rings. The number of rotatable bonds is 4. The first-order chi connectivity index (χ1) is 12.0. The largest absolute Gasteiger partial charge is 0.366 e. The van der Waals surface area contributed by atoms with E-state index >= 15 is 0 Å². The van der Waals surface area contributed by atoms with Crippen LogP contribution in [0, 0.1) is 11.6 Å². The van der Waals surface area contributed by atoms with E-state index in [0.717, 1.165) is 6.07 Å². The van der Waals surface area contributed by atoms with Gasteiger partial charge >= 0.3 is 0 Å². The van der Waals surface area contributed by atoms with E-state index in [2.05, 4.69) is 14.8 Å². The first-order valence-electron chi connectivity index (χ1n) is 8.15. The maximum absolute atomic E-state index is 14.0. The summed E-state index contributed by atoms with van der Waals surface area (Å²) in [6.07, 6.45) is 1.57. The second kappa shape index (κ2) is 7.14. The highest BCUT2D eigenvalue weighted by atomic mass is 19.1. The molecule has 1 fully saturated rings. The van der Waals surface area contributed by atoms with Crippen molar-refractivity contribution < 1.29 is 13.6 Å². The lowest BCUT2D eigenvalue weighted by atomic mass is 10.1. The molecule has 0 saturated carbocycles. The summed E-state index contributed by atoms with van der Waals surface area (Å²) in [5.74, 6) is -0.872. The van der Waals surface area contributed by atoms with Gasteiger partial charge in [-0.2, -0.15) is 0 Å². The van der Waals surface area contributed by atoms with Gasteiger partial charge in [-0.3, -0.25) is 9.69 Å². The number of primary amides is 1. The third-order valence-electron chi connectivity index (χ3n) is 4.63. The number of halogens is 2. The Morgan fingerprint density at radius 2 is 1.88 bits per heavy atom. The molecule has 0 unspecified atom stereocenters. The van der Waals surface area contributed by atoms with Crippen LogP contribution in [0.1, 0.15) is 28.9 Å². The molecule has 0 bridgehead atoms. The lowest BCUT2D eigenvalue weighted by molar-refractivity contribution is 0.1000. The Bertz CT molecular complexity index is 775. The van der Waals surface area contributed by atoms with E-state index in [1.165, 1.54) is 12.1 Å². The van der Waals surface area contributed by atoms with Crippen molar-refractivity contribution in [3.8, 4) is 0 Å². The van der Waals surface area contributed by atoms with E-state index in [4.69, 9.17) is 5.73 Å². The summed E-state index contributed by atoms with van der Waals surface area (Å²) in [6, 6.07) is 6.82. The number of benzene rings is 1. The fraction of sp³-hybridized carbons (Fsp3) is 0.333. The third-order valence-corrected chi connectivity index (χ3v) is 4.63. The Morgan fingerprint density at radius 1 is 1.16 bits per heavy atom. The van der Waals surface area contributed by atoms with Crippen molar-refractivity contribution in [2.45, 2.75) is 13.0 Å². The van der Waals surface area contributed by atoms with Crippen LogP contribution >= 0.6 is 0 Å². The summed E-state index contributed by atoms with van der Waals surface area (Å²) in [6.45, 7) is 4.73. The van der Waals surface area contributed by atoms with E-state index in [0.29, 0.717) is 43.1 Å². The van der Waals surface area contributed by atoms with Crippen molar-refractivity contribution >= 4 is 11.7 Å². The summed E-state index contributed by atoms with van der Waals surface area (Å²) in [7, 11) is 0. The van der Waals surface area contributed by atoms with E-state index in [1.54, 1.807) is 18.3 Å². The standard InChI is InChI=1S/C18H20F2N4O/c1-12(15-3-2-14(19)11-16(15)20)23-6-8-24(9-7-23)17-10-13(18(21)25)4-5-22-17/h2-5,10-12H,6-9H2,1H3,(H2,21,25)/t12-/m1/s1. The van der Waals surface area contributed by atoms with Crippen LogP contribution in [0.2, 0.25) is 0 Å². The Kier molecular flexibility index (Phi) is 4.94. The second-order valence-corrected chi connectivity index (χ2v) is 6.13. The number of amides is 1. The zero-order valence-electron chi connectivity index (χ0n) is 14.0. The average molecular weight is 346 g/mol. The number of carbonyl (C=O) groups is 1. The van der Waals surface area contributed by atoms with Gasteiger partial charge in [-0.15, -0.1) is 0 Å². The summed E-state index contributed by atoms with van der Waals surface area (Å²) < 4.78 is 27.1. The molecule has 1 aliphatic heterocycles. The molecule has 132 valence electrons. The van der Waals surface area contributed by atoms with Gasteiger partial charge in [0.25, 0.3) is 0 Å². The van der Waals surface area contributed by atoms with Crippen LogP contribution in [0.4, 0.5) is 14.6 Å². The summed E-state index contributed by atoms with van der Waals surface area (Å²) in [5, 5.41) is 0. The Morgan fingerprint density at radius 3 is 2.52 bits per heavy atom. The number of nitrogens with two attached hydrogens (primary N) is 1. The van der Waals surface area contributed by atoms with E-state index in [1.807, 2.05) is 6.92 Å². The lowest BCUT2D eigenvalue weighted by Crippen LogP contribution is -2.47. The molecule has 0 spiro atoms. The number of pyridine rings is 1. The maximum atomic E-state index is 14.0. The van der Waals surface area contributed by atoms with Crippen LogP contribution < -0.4 is 10.6 Å². The highest BCUT2D eigenvalue weighted by Crippen LogP contribution is 2.25. The second-order valence-electron chi connectivity index (χ2n) is 6.13. The number of hydrogen-bond acceptors (Lipinski definition) is 4. The van der Waals surface area contributed by atoms with Crippen molar-refractivity contribution in [1.29, 1.82) is 0 Å². The fourth-order valence-corrected chi connectivity index (χ4v) is 3.12. The SMILES string of the molecule is C[C@H](c1ccc(F)cc1F)N1CCN(c2cc(C(N)=O)ccn2)CC1. The number of nitrogens with zero attached hydrogens (tertiary/aromatic N) is 3. The highest BCUT2D eigenvalue weighted by molar-refractivity contribution is 5.93. The van der Waals surface area contributed by atoms with Gasteiger partial charge in [0.05, 0.1) is 0 Å². The van der Waals surface area contributed by atoms with Gasteiger partial charge in [0.15, 0.2) is 0 Å². The predicted molar refractivity (Wildman–Crippen MR) is 91.3 cm³/mol. The fourth-order valence-electron chi connectivity index (χ4n) is 3.12. The number of aromatic nitrogens is 1. The van der Waals surface area contributed by atoms with Crippen LogP contribution in [-0.2, 0) is 0 Å². The van der Waals surface area contributed by atoms with Gasteiger partial charge < -0.3 is 10.6 Å². The van der Waals surface area contributed by atoms with E-state index in [9.17, 15) is 13.6 Å². The number of piperazine rings is 1. The van der Waals surface area contributed by atoms with Crippen LogP contribution in [0.25, 0.3) is 0 Å². The third kappa shape index (κ3) is 3.76. The Labute approximate surface area is 145 Å². The topological polar surface area (TPSA) is 62.5 Å². The Hall–Kier alpha value is -2.54. The van der Waals surface area contributed by atoms with Crippen molar-refractivity contribution in [2.75, 3.05) is 31.1 Å². The molecule has 0 aliphatic carbocycles. The minimum absolute atomic E-state index is 0.146. The first kappa shape index (κ1) is 17.3. The molecule has 1 aliphatic rings. The number of carbonyl (C=O) groups excluding carboxylic acids is 1. The average Bonchev–Trinajstić information content (AvgIpc) is 2.61. The minimum atomic E-state index is -0.571. The summed E-state index contributed by atoms with van der Waals surface area (Å²) >= 11 is 0. The van der Waals surface area contributed by atoms with Crippen molar-refractivity contribution in [1.82, 2.24) is 9.88 Å². The molecule has 1 atom stereocenters. The lowest BCUT2D eigenvalue weighted by Gasteiger charge is -2.38. The number of anilines is 1. The van der Waals surface area contributed by atoms with Gasteiger partial charge in [-0.1, -0.05) is 6.07 Å². The maximum Gasteiger partial charge on any atom is 0.248 e. The molecular formula is C18H20F2N4O.